The van der Waals surface area contributed by atoms with E-state index >= 15 is 0 Å². The van der Waals surface area contributed by atoms with Crippen molar-refractivity contribution in [3.63, 3.8) is 0 Å². The lowest BCUT2D eigenvalue weighted by Gasteiger charge is -2.49. The number of esters is 1. The van der Waals surface area contributed by atoms with Crippen LogP contribution in [0, 0.1) is 6.92 Å². The number of rotatable bonds is 15. The molecule has 1 heterocycles. The minimum Gasteiger partial charge on any atom is -0.491 e. The normalized spacial score (nSPS) is 16.9. The highest BCUT2D eigenvalue weighted by molar-refractivity contribution is 5.92. The molecule has 1 aliphatic rings. The van der Waals surface area contributed by atoms with E-state index in [2.05, 4.69) is 16.0 Å². The Balaban J connectivity index is 1.69. The highest BCUT2D eigenvalue weighted by Crippen LogP contribution is 2.33. The van der Waals surface area contributed by atoms with Crippen molar-refractivity contribution in [1.82, 2.24) is 20.9 Å². The number of carbonyl (C=O) groups is 5. The van der Waals surface area contributed by atoms with Crippen molar-refractivity contribution in [3.8, 4) is 5.75 Å². The molecule has 0 radical (unpaired) electrons. The van der Waals surface area contributed by atoms with Crippen LogP contribution in [0.25, 0.3) is 0 Å². The summed E-state index contributed by atoms with van der Waals surface area (Å²) in [5.41, 5.74) is 0.969. The van der Waals surface area contributed by atoms with Crippen LogP contribution in [-0.4, -0.2) is 76.7 Å². The molecule has 12 heteroatoms. The molecule has 1 saturated heterocycles. The summed E-state index contributed by atoms with van der Waals surface area (Å²) in [5.74, 6) is -1.30. The van der Waals surface area contributed by atoms with E-state index in [4.69, 9.17) is 14.2 Å². The van der Waals surface area contributed by atoms with Crippen molar-refractivity contribution in [2.24, 2.45) is 0 Å². The molecule has 3 rings (SSSR count). The maximum absolute atomic E-state index is 13.7. The molecule has 280 valence electrons. The largest absolute Gasteiger partial charge is 0.491 e. The molecule has 0 aliphatic carbocycles. The molecule has 0 bridgehead atoms. The zero-order valence-electron chi connectivity index (χ0n) is 31.6. The van der Waals surface area contributed by atoms with Gasteiger partial charge in [-0.15, -0.1) is 0 Å². The first kappa shape index (κ1) is 40.8. The third kappa shape index (κ3) is 13.6. The monoisotopic (exact) mass is 708 g/mol. The van der Waals surface area contributed by atoms with E-state index in [1.54, 1.807) is 25.7 Å². The molecule has 0 aromatic heterocycles. The number of likely N-dealkylation sites (tertiary alicyclic amines) is 1. The Morgan fingerprint density at radius 1 is 0.863 bits per heavy atom. The van der Waals surface area contributed by atoms with Crippen LogP contribution in [0.4, 0.5) is 4.79 Å². The average molecular weight is 709 g/mol. The predicted octanol–water partition coefficient (Wildman–Crippen LogP) is 5.13. The highest BCUT2D eigenvalue weighted by Gasteiger charge is 2.46. The van der Waals surface area contributed by atoms with Gasteiger partial charge in [0.1, 0.15) is 35.6 Å². The first-order chi connectivity index (χ1) is 23.7. The second kappa shape index (κ2) is 17.5. The Morgan fingerprint density at radius 2 is 1.51 bits per heavy atom. The zero-order chi connectivity index (χ0) is 38.0. The number of nitrogens with zero attached hydrogens (tertiary/aromatic N) is 1. The van der Waals surface area contributed by atoms with E-state index in [1.807, 2.05) is 83.1 Å². The van der Waals surface area contributed by atoms with Crippen LogP contribution >= 0.6 is 0 Å². The molecule has 3 atom stereocenters. The average Bonchev–Trinajstić information content (AvgIpc) is 3.01. The maximum atomic E-state index is 13.7. The maximum Gasteiger partial charge on any atom is 0.410 e. The van der Waals surface area contributed by atoms with Crippen molar-refractivity contribution in [2.45, 2.75) is 130 Å². The van der Waals surface area contributed by atoms with Gasteiger partial charge in [-0.3, -0.25) is 24.1 Å². The van der Waals surface area contributed by atoms with E-state index < -0.39 is 52.5 Å². The molecule has 2 aromatic carbocycles. The first-order valence-electron chi connectivity index (χ1n) is 17.6. The second-order valence-corrected chi connectivity index (χ2v) is 15.4. The Hall–Kier alpha value is -4.61. The van der Waals surface area contributed by atoms with Crippen LogP contribution in [0.3, 0.4) is 0 Å². The van der Waals surface area contributed by atoms with Gasteiger partial charge in [-0.25, -0.2) is 4.79 Å². The Labute approximate surface area is 302 Å². The zero-order valence-corrected chi connectivity index (χ0v) is 31.6. The fourth-order valence-electron chi connectivity index (χ4n) is 5.52. The number of hydrogen-bond donors (Lipinski definition) is 3. The molecular weight excluding hydrogens is 652 g/mol. The van der Waals surface area contributed by atoms with E-state index in [0.29, 0.717) is 25.1 Å². The van der Waals surface area contributed by atoms with Crippen molar-refractivity contribution >= 4 is 29.8 Å². The fraction of sp³-hybridized carbons (Fsp3) is 0.564. The minimum atomic E-state index is -1.04. The third-order valence-corrected chi connectivity index (χ3v) is 8.41. The van der Waals surface area contributed by atoms with Crippen LogP contribution < -0.4 is 20.7 Å². The topological polar surface area (TPSA) is 152 Å². The summed E-state index contributed by atoms with van der Waals surface area (Å²) in [6, 6.07) is 13.3. The predicted molar refractivity (Wildman–Crippen MR) is 194 cm³/mol. The van der Waals surface area contributed by atoms with Crippen LogP contribution in [-0.2, 0) is 41.6 Å². The van der Waals surface area contributed by atoms with Crippen LogP contribution in [0.15, 0.2) is 48.5 Å². The molecule has 4 amide bonds. The summed E-state index contributed by atoms with van der Waals surface area (Å²) >= 11 is 0. The summed E-state index contributed by atoms with van der Waals surface area (Å²) in [4.78, 5) is 65.9. The van der Waals surface area contributed by atoms with Gasteiger partial charge >= 0.3 is 12.1 Å². The van der Waals surface area contributed by atoms with Gasteiger partial charge < -0.3 is 30.2 Å². The molecule has 2 aromatic rings. The molecule has 1 aliphatic heterocycles. The number of benzene rings is 2. The van der Waals surface area contributed by atoms with Crippen LogP contribution in [0.2, 0.25) is 0 Å². The molecule has 0 saturated carbocycles. The molecular formula is C39H56N4O8. The van der Waals surface area contributed by atoms with E-state index in [-0.39, 0.29) is 32.1 Å². The molecule has 51 heavy (non-hydrogen) atoms. The van der Waals surface area contributed by atoms with Crippen molar-refractivity contribution in [1.29, 1.82) is 0 Å². The van der Waals surface area contributed by atoms with Crippen LogP contribution in [0.5, 0.6) is 5.75 Å². The molecule has 3 N–H and O–H groups in total. The van der Waals surface area contributed by atoms with Crippen LogP contribution in [0.1, 0.15) is 97.8 Å². The minimum absolute atomic E-state index is 0.00785. The van der Waals surface area contributed by atoms with Gasteiger partial charge in [-0.1, -0.05) is 36.4 Å². The van der Waals surface area contributed by atoms with Gasteiger partial charge in [0.2, 0.25) is 17.7 Å². The number of carbonyl (C=O) groups excluding carboxylic acids is 5. The fourth-order valence-corrected chi connectivity index (χ4v) is 5.52. The smallest absolute Gasteiger partial charge is 0.410 e. The van der Waals surface area contributed by atoms with E-state index in [1.165, 1.54) is 6.92 Å². The van der Waals surface area contributed by atoms with E-state index in [0.717, 1.165) is 23.1 Å². The van der Waals surface area contributed by atoms with Crippen molar-refractivity contribution in [2.75, 3.05) is 13.2 Å². The Kier molecular flexibility index (Phi) is 14.0. The second-order valence-electron chi connectivity index (χ2n) is 15.4. The number of hydrogen-bond acceptors (Lipinski definition) is 8. The summed E-state index contributed by atoms with van der Waals surface area (Å²) in [6.45, 7) is 17.0. The van der Waals surface area contributed by atoms with Gasteiger partial charge in [0.15, 0.2) is 0 Å². The van der Waals surface area contributed by atoms with Crippen molar-refractivity contribution in [3.05, 3.63) is 65.2 Å². The quantitative estimate of drug-likeness (QED) is 0.215. The third-order valence-electron chi connectivity index (χ3n) is 8.41. The lowest BCUT2D eigenvalue weighted by atomic mass is 9.88. The van der Waals surface area contributed by atoms with Gasteiger partial charge in [-0.05, 0) is 110 Å². The number of amides is 4. The number of ether oxygens (including phenoxy) is 3. The number of aryl methyl sites for hydroxylation is 2. The summed E-state index contributed by atoms with van der Waals surface area (Å²) in [7, 11) is 0. The first-order valence-corrected chi connectivity index (χ1v) is 17.6. The van der Waals surface area contributed by atoms with Gasteiger partial charge in [0.25, 0.3) is 0 Å². The van der Waals surface area contributed by atoms with Gasteiger partial charge in [0, 0.05) is 26.4 Å². The molecule has 2 unspecified atom stereocenters. The summed E-state index contributed by atoms with van der Waals surface area (Å²) in [5, 5.41) is 8.39. The lowest BCUT2D eigenvalue weighted by Crippen LogP contribution is -2.63. The Bertz CT molecular complexity index is 1530. The molecule has 12 nitrogen and oxygen atoms in total. The number of nitrogens with one attached hydrogen (secondary N) is 3. The molecule has 0 spiro atoms. The summed E-state index contributed by atoms with van der Waals surface area (Å²) in [6.07, 6.45) is 1.15. The van der Waals surface area contributed by atoms with Crippen molar-refractivity contribution < 1.29 is 38.2 Å². The highest BCUT2D eigenvalue weighted by atomic mass is 16.6. The van der Waals surface area contributed by atoms with E-state index in [9.17, 15) is 24.0 Å². The summed E-state index contributed by atoms with van der Waals surface area (Å²) < 4.78 is 17.1. The Morgan fingerprint density at radius 3 is 2.10 bits per heavy atom. The lowest BCUT2D eigenvalue weighted by molar-refractivity contribution is -0.155. The standard InChI is InChI=1S/C39H56N4O8/c1-26-15-17-30(49-25-39(9)21-22-43(39)36(48)51-38(6,7)8)23-29(26)24-40-34(46)31(18-16-28-13-11-10-12-14-28)42-35(47)32(41-27(2)44)19-20-33(45)50-37(3,4)5/h10-15,17,23,31-32H,16,18-22,24-25H2,1-9H3,(H,40,46)(H,41,44)(H,42,47)/t31?,32-,39?/m0/s1. The SMILES string of the molecule is CC(=O)N[C@@H](CCC(=O)OC(C)(C)C)C(=O)NC(CCc1ccccc1)C(=O)NCc1cc(OCC2(C)CCN2C(=O)OC(C)(C)C)ccc1C. The van der Waals surface area contributed by atoms with Gasteiger partial charge in [0.05, 0.1) is 5.54 Å². The molecule has 1 fully saturated rings. The van der Waals surface area contributed by atoms with Gasteiger partial charge in [-0.2, -0.15) is 0 Å².